The molecule has 1 N–H and O–H groups in total. The first-order valence-corrected chi connectivity index (χ1v) is 10.7. The minimum atomic E-state index is -5.81. The molecule has 2 fully saturated rings. The molecule has 6 nitrogen and oxygen atoms in total. The number of aliphatic hydroxyl groups excluding tert-OH is 1. The van der Waals surface area contributed by atoms with Gasteiger partial charge in [-0.3, -0.25) is 0 Å². The second-order valence-corrected chi connectivity index (χ2v) is 9.78. The summed E-state index contributed by atoms with van der Waals surface area (Å²) in [6, 6.07) is 3.13. The highest BCUT2D eigenvalue weighted by Gasteiger charge is 2.65. The Balaban J connectivity index is 1.68. The summed E-state index contributed by atoms with van der Waals surface area (Å²) in [6.45, 7) is 0.776. The van der Waals surface area contributed by atoms with E-state index in [0.29, 0.717) is 19.3 Å². The van der Waals surface area contributed by atoms with Gasteiger partial charge in [0.05, 0.1) is 6.10 Å². The molecule has 2 aliphatic carbocycles. The van der Waals surface area contributed by atoms with E-state index in [1.54, 1.807) is 6.07 Å². The lowest BCUT2D eigenvalue weighted by molar-refractivity contribution is -0.0993. The first-order chi connectivity index (χ1) is 13.1. The van der Waals surface area contributed by atoms with E-state index in [9.17, 15) is 26.7 Å². The van der Waals surface area contributed by atoms with Crippen molar-refractivity contribution in [2.75, 3.05) is 13.6 Å². The molecule has 1 spiro atoms. The van der Waals surface area contributed by atoms with Crippen molar-refractivity contribution >= 4 is 10.1 Å². The Labute approximate surface area is 160 Å². The second-order valence-electron chi connectivity index (χ2n) is 8.24. The Morgan fingerprint density at radius 3 is 2.79 bits per heavy atom. The van der Waals surface area contributed by atoms with Crippen molar-refractivity contribution in [3.8, 4) is 11.5 Å². The number of hydrogen-bond donors (Lipinski definition) is 1. The summed E-state index contributed by atoms with van der Waals surface area (Å²) in [5, 5.41) is 10.6. The van der Waals surface area contributed by atoms with Gasteiger partial charge in [-0.05, 0) is 56.8 Å². The van der Waals surface area contributed by atoms with E-state index in [-0.39, 0.29) is 17.7 Å². The minimum absolute atomic E-state index is 0.0456. The monoisotopic (exact) mass is 419 g/mol. The fraction of sp³-hybridized carbons (Fsp3) is 0.667. The molecule has 1 saturated heterocycles. The van der Waals surface area contributed by atoms with Crippen LogP contribution in [0.2, 0.25) is 0 Å². The van der Waals surface area contributed by atoms with Crippen LogP contribution in [-0.2, 0) is 22.0 Å². The third-order valence-corrected chi connectivity index (χ3v) is 8.00. The van der Waals surface area contributed by atoms with Crippen LogP contribution in [-0.4, -0.2) is 55.8 Å². The quantitative estimate of drug-likeness (QED) is 0.583. The largest absolute Gasteiger partial charge is 0.534 e. The van der Waals surface area contributed by atoms with Crippen molar-refractivity contribution in [1.82, 2.24) is 4.90 Å². The van der Waals surface area contributed by atoms with Crippen molar-refractivity contribution in [2.24, 2.45) is 5.92 Å². The van der Waals surface area contributed by atoms with E-state index in [2.05, 4.69) is 16.1 Å². The van der Waals surface area contributed by atoms with E-state index in [4.69, 9.17) is 4.74 Å². The predicted molar refractivity (Wildman–Crippen MR) is 91.6 cm³/mol. The highest BCUT2D eigenvalue weighted by Crippen LogP contribution is 2.63. The smallest absolute Gasteiger partial charge is 0.482 e. The number of rotatable bonds is 2. The molecule has 4 aliphatic rings. The summed E-state index contributed by atoms with van der Waals surface area (Å²) in [4.78, 5) is 2.30. The minimum Gasteiger partial charge on any atom is -0.482 e. The van der Waals surface area contributed by atoms with Crippen LogP contribution in [0.15, 0.2) is 12.1 Å². The average molecular weight is 419 g/mol. The number of alkyl halides is 3. The van der Waals surface area contributed by atoms with Crippen molar-refractivity contribution in [3.05, 3.63) is 23.3 Å². The van der Waals surface area contributed by atoms with Crippen molar-refractivity contribution in [1.29, 1.82) is 0 Å². The van der Waals surface area contributed by atoms with Gasteiger partial charge in [0, 0.05) is 17.0 Å². The third-order valence-electron chi connectivity index (χ3n) is 7.03. The molecule has 28 heavy (non-hydrogen) atoms. The van der Waals surface area contributed by atoms with Crippen LogP contribution in [0.5, 0.6) is 11.5 Å². The zero-order valence-corrected chi connectivity index (χ0v) is 15.9. The lowest BCUT2D eigenvalue weighted by atomic mass is 9.51. The summed E-state index contributed by atoms with van der Waals surface area (Å²) in [6.07, 6.45) is 1.38. The maximum atomic E-state index is 12.8. The molecule has 10 heteroatoms. The van der Waals surface area contributed by atoms with Gasteiger partial charge in [-0.1, -0.05) is 6.07 Å². The topological polar surface area (TPSA) is 76.1 Å². The van der Waals surface area contributed by atoms with Gasteiger partial charge in [-0.15, -0.1) is 0 Å². The number of benzene rings is 1. The Morgan fingerprint density at radius 2 is 2.07 bits per heavy atom. The molecule has 1 aromatic carbocycles. The number of piperidine rings is 1. The highest BCUT2D eigenvalue weighted by atomic mass is 32.2. The Morgan fingerprint density at radius 1 is 1.32 bits per heavy atom. The van der Waals surface area contributed by atoms with Gasteiger partial charge in [0.25, 0.3) is 0 Å². The van der Waals surface area contributed by atoms with Gasteiger partial charge < -0.3 is 18.9 Å². The van der Waals surface area contributed by atoms with Gasteiger partial charge in [0.1, 0.15) is 6.10 Å². The number of aliphatic hydroxyl groups is 1. The summed E-state index contributed by atoms with van der Waals surface area (Å²) in [7, 11) is -3.75. The molecule has 2 unspecified atom stereocenters. The molecule has 1 saturated carbocycles. The standard InChI is InChI=1S/C18H20F3NO5S/c1-22-7-6-17-10-3-4-12(23)16(17)26-15-13(27-28(24,25)18(19,20)21)5-2-9(14(15)17)8-11(10)22/h2,5,10-12,16,23H,3-4,6-8H2,1H3/t10-,11+,12?,16?,17-/m0/s1. The molecule has 1 aromatic rings. The SMILES string of the molecule is CN1CC[C@]23c4c5ccc(OS(=O)(=O)C(F)(F)F)c4OC2C(O)CC[C@H]3[C@H]1C5. The van der Waals surface area contributed by atoms with Gasteiger partial charge in [-0.25, -0.2) is 0 Å². The molecule has 2 heterocycles. The normalized spacial score (nSPS) is 36.6. The summed E-state index contributed by atoms with van der Waals surface area (Å²) >= 11 is 0. The molecular formula is C18H20F3NO5S. The number of hydrogen-bond acceptors (Lipinski definition) is 6. The number of likely N-dealkylation sites (N-methyl/N-ethyl adjacent to an activating group) is 1. The predicted octanol–water partition coefficient (Wildman–Crippen LogP) is 1.94. The second kappa shape index (κ2) is 5.54. The van der Waals surface area contributed by atoms with Crippen molar-refractivity contribution < 1.29 is 35.6 Å². The van der Waals surface area contributed by atoms with Crippen molar-refractivity contribution in [2.45, 2.75) is 54.9 Å². The number of ether oxygens (including phenoxy) is 1. The number of likely N-dealkylation sites (tertiary alicyclic amines) is 1. The van der Waals surface area contributed by atoms with E-state index in [1.807, 2.05) is 0 Å². The third kappa shape index (κ3) is 2.19. The van der Waals surface area contributed by atoms with Crippen LogP contribution in [0.25, 0.3) is 0 Å². The zero-order chi connectivity index (χ0) is 20.1. The lowest BCUT2D eigenvalue weighted by Gasteiger charge is -2.58. The van der Waals surface area contributed by atoms with E-state index < -0.39 is 39.0 Å². The molecule has 0 amide bonds. The maximum Gasteiger partial charge on any atom is 0.534 e. The molecule has 2 bridgehead atoms. The Bertz CT molecular complexity index is 949. The van der Waals surface area contributed by atoms with Gasteiger partial charge >= 0.3 is 15.6 Å². The summed E-state index contributed by atoms with van der Waals surface area (Å²) < 4.78 is 72.0. The van der Waals surface area contributed by atoms with E-state index in [0.717, 1.165) is 24.1 Å². The number of halogens is 3. The number of nitrogens with zero attached hydrogens (tertiary/aromatic N) is 1. The molecule has 0 radical (unpaired) electrons. The molecule has 154 valence electrons. The average Bonchev–Trinajstić information content (AvgIpc) is 2.96. The Hall–Kier alpha value is -1.52. The fourth-order valence-corrected chi connectivity index (χ4v) is 6.39. The van der Waals surface area contributed by atoms with Crippen LogP contribution in [0, 0.1) is 5.92 Å². The van der Waals surface area contributed by atoms with E-state index >= 15 is 0 Å². The van der Waals surface area contributed by atoms with Gasteiger partial charge in [0.15, 0.2) is 11.5 Å². The summed E-state index contributed by atoms with van der Waals surface area (Å²) in [5.41, 5.74) is -4.38. The maximum absolute atomic E-state index is 12.8. The first-order valence-electron chi connectivity index (χ1n) is 9.28. The molecular weight excluding hydrogens is 399 g/mol. The molecule has 5 atom stereocenters. The highest BCUT2D eigenvalue weighted by molar-refractivity contribution is 7.88. The Kier molecular flexibility index (Phi) is 3.66. The zero-order valence-electron chi connectivity index (χ0n) is 15.1. The van der Waals surface area contributed by atoms with Crippen LogP contribution in [0.4, 0.5) is 13.2 Å². The van der Waals surface area contributed by atoms with Crippen molar-refractivity contribution in [3.63, 3.8) is 0 Å². The first kappa shape index (κ1) is 18.5. The molecule has 2 aliphatic heterocycles. The van der Waals surface area contributed by atoms with Gasteiger partial charge in [-0.2, -0.15) is 21.6 Å². The fourth-order valence-electron chi connectivity index (χ4n) is 5.93. The summed E-state index contributed by atoms with van der Waals surface area (Å²) in [5.74, 6) is -0.213. The van der Waals surface area contributed by atoms with Gasteiger partial charge in [0.2, 0.25) is 0 Å². The lowest BCUT2D eigenvalue weighted by Crippen LogP contribution is -2.66. The van der Waals surface area contributed by atoms with Crippen LogP contribution >= 0.6 is 0 Å². The van der Waals surface area contributed by atoms with Crippen LogP contribution in [0.3, 0.4) is 0 Å². The van der Waals surface area contributed by atoms with E-state index in [1.165, 1.54) is 6.07 Å². The molecule has 0 aromatic heterocycles. The van der Waals surface area contributed by atoms with Crippen LogP contribution < -0.4 is 8.92 Å². The van der Waals surface area contributed by atoms with Crippen LogP contribution in [0.1, 0.15) is 30.4 Å². The molecule has 5 rings (SSSR count).